The fourth-order valence-electron chi connectivity index (χ4n) is 3.70. The highest BCUT2D eigenvalue weighted by Crippen LogP contribution is 2.34. The molecule has 0 unspecified atom stereocenters. The number of hydrazine groups is 1. The van der Waals surface area contributed by atoms with Gasteiger partial charge in [-0.1, -0.05) is 26.0 Å². The number of benzene rings is 2. The number of carbonyl (C=O) groups excluding carboxylic acids is 1. The van der Waals surface area contributed by atoms with Gasteiger partial charge in [-0.3, -0.25) is 14.8 Å². The number of hydrogen-bond donors (Lipinski definition) is 3. The molecule has 0 spiro atoms. The van der Waals surface area contributed by atoms with E-state index in [2.05, 4.69) is 35.1 Å². The molecule has 0 fully saturated rings. The lowest BCUT2D eigenvalue weighted by Crippen LogP contribution is -2.27. The van der Waals surface area contributed by atoms with Gasteiger partial charge in [0.25, 0.3) is 5.91 Å². The van der Waals surface area contributed by atoms with Crippen LogP contribution in [-0.4, -0.2) is 37.0 Å². The van der Waals surface area contributed by atoms with Gasteiger partial charge in [0.15, 0.2) is 0 Å². The van der Waals surface area contributed by atoms with Crippen molar-refractivity contribution in [3.05, 3.63) is 75.4 Å². The average molecular weight is 495 g/mol. The predicted octanol–water partition coefficient (Wildman–Crippen LogP) is 4.53. The first-order valence-corrected chi connectivity index (χ1v) is 12.2. The van der Waals surface area contributed by atoms with E-state index in [0.29, 0.717) is 40.8 Å². The Morgan fingerprint density at radius 1 is 1.26 bits per heavy atom. The third-order valence-corrected chi connectivity index (χ3v) is 6.36. The second-order valence-electron chi connectivity index (χ2n) is 8.97. The summed E-state index contributed by atoms with van der Waals surface area (Å²) in [7, 11) is 5.62. The van der Waals surface area contributed by atoms with E-state index in [1.807, 2.05) is 33.2 Å². The minimum absolute atomic E-state index is 0.255. The van der Waals surface area contributed by atoms with Crippen LogP contribution in [0.1, 0.15) is 51.7 Å². The molecule has 0 radical (unpaired) electrons. The second-order valence-corrected chi connectivity index (χ2v) is 9.85. The van der Waals surface area contributed by atoms with Gasteiger partial charge in [0.2, 0.25) is 0 Å². The summed E-state index contributed by atoms with van der Waals surface area (Å²) in [5.74, 6) is 6.99. The number of anilines is 2. The Balaban J connectivity index is 1.93. The second kappa shape index (κ2) is 11.4. The summed E-state index contributed by atoms with van der Waals surface area (Å²) in [5, 5.41) is 4.47. The number of hydrogen-bond acceptors (Lipinski definition) is 8. The summed E-state index contributed by atoms with van der Waals surface area (Å²) >= 11 is 1.43. The summed E-state index contributed by atoms with van der Waals surface area (Å²) in [6, 6.07) is 9.50. The molecule has 0 aliphatic heterocycles. The third kappa shape index (κ3) is 6.39. The summed E-state index contributed by atoms with van der Waals surface area (Å²) in [6.45, 7) is 6.87. The number of carbonyl (C=O) groups is 1. The fraction of sp³-hybridized carbons (Fsp3) is 0.308. The zero-order valence-electron chi connectivity index (χ0n) is 21.1. The number of methoxy groups -OCH3 is 1. The van der Waals surface area contributed by atoms with Gasteiger partial charge in [-0.25, -0.2) is 5.84 Å². The Labute approximate surface area is 211 Å². The van der Waals surface area contributed by atoms with Crippen LogP contribution in [0.25, 0.3) is 5.70 Å². The standard InChI is InChI=1S/C26H34N6O2S/c1-16(2)19-9-20(13-31(4)5)25(34-6)22(10-19)30-26(33)18-8-7-17(3)23(11-18)32(28)14-21(27)24-12-29-15-35-24/h7-12,14-16H,13,27-28H2,1-6H3,(H,30,33)/b21-14-. The molecule has 0 bridgehead atoms. The maximum Gasteiger partial charge on any atom is 0.255 e. The van der Waals surface area contributed by atoms with E-state index in [9.17, 15) is 4.79 Å². The van der Waals surface area contributed by atoms with Crippen molar-refractivity contribution in [1.29, 1.82) is 0 Å². The smallest absolute Gasteiger partial charge is 0.255 e. The minimum Gasteiger partial charge on any atom is -0.494 e. The molecule has 3 rings (SSSR count). The number of nitrogens with zero attached hydrogens (tertiary/aromatic N) is 3. The Bertz CT molecular complexity index is 1200. The highest BCUT2D eigenvalue weighted by atomic mass is 32.1. The van der Waals surface area contributed by atoms with E-state index in [-0.39, 0.29) is 5.91 Å². The highest BCUT2D eigenvalue weighted by Gasteiger charge is 2.18. The maximum atomic E-state index is 13.3. The number of thiazole rings is 1. The number of aromatic nitrogens is 1. The first-order valence-electron chi connectivity index (χ1n) is 11.3. The molecule has 0 aliphatic carbocycles. The molecule has 1 amide bonds. The van der Waals surface area contributed by atoms with Crippen LogP contribution >= 0.6 is 11.3 Å². The van der Waals surface area contributed by atoms with E-state index in [4.69, 9.17) is 16.3 Å². The average Bonchev–Trinajstić information content (AvgIpc) is 3.34. The topological polar surface area (TPSA) is 110 Å². The van der Waals surface area contributed by atoms with Gasteiger partial charge in [-0.05, 0) is 56.3 Å². The van der Waals surface area contributed by atoms with Gasteiger partial charge in [-0.2, -0.15) is 0 Å². The number of aryl methyl sites for hydroxylation is 1. The molecule has 3 aromatic rings. The zero-order chi connectivity index (χ0) is 25.7. The number of rotatable bonds is 9. The van der Waals surface area contributed by atoms with Crippen molar-refractivity contribution in [1.82, 2.24) is 9.88 Å². The van der Waals surface area contributed by atoms with E-state index < -0.39 is 0 Å². The van der Waals surface area contributed by atoms with Crippen molar-refractivity contribution >= 4 is 34.3 Å². The first kappa shape index (κ1) is 26.2. The highest BCUT2D eigenvalue weighted by molar-refractivity contribution is 7.10. The minimum atomic E-state index is -0.255. The molecule has 8 nitrogen and oxygen atoms in total. The Kier molecular flexibility index (Phi) is 8.50. The van der Waals surface area contributed by atoms with Crippen LogP contribution in [0.5, 0.6) is 5.75 Å². The molecular weight excluding hydrogens is 460 g/mol. The molecule has 9 heteroatoms. The lowest BCUT2D eigenvalue weighted by molar-refractivity contribution is 0.102. The Morgan fingerprint density at radius 2 is 2.00 bits per heavy atom. The van der Waals surface area contributed by atoms with Gasteiger partial charge in [0.1, 0.15) is 5.75 Å². The number of nitrogens with one attached hydrogen (secondary N) is 1. The van der Waals surface area contributed by atoms with Crippen LogP contribution in [0, 0.1) is 6.92 Å². The van der Waals surface area contributed by atoms with Gasteiger partial charge in [-0.15, -0.1) is 11.3 Å². The normalized spacial score (nSPS) is 11.7. The lowest BCUT2D eigenvalue weighted by Gasteiger charge is -2.21. The van der Waals surface area contributed by atoms with Gasteiger partial charge in [0, 0.05) is 30.1 Å². The largest absolute Gasteiger partial charge is 0.494 e. The Hall–Kier alpha value is -3.40. The van der Waals surface area contributed by atoms with E-state index in [0.717, 1.165) is 21.6 Å². The molecule has 0 aliphatic rings. The number of nitrogens with two attached hydrogens (primary N) is 2. The van der Waals surface area contributed by atoms with Crippen molar-refractivity contribution in [3.63, 3.8) is 0 Å². The van der Waals surface area contributed by atoms with Crippen molar-refractivity contribution in [2.24, 2.45) is 11.6 Å². The van der Waals surface area contributed by atoms with Crippen LogP contribution in [-0.2, 0) is 6.54 Å². The molecule has 1 heterocycles. The maximum absolute atomic E-state index is 13.3. The fourth-order valence-corrected chi connectivity index (χ4v) is 4.25. The van der Waals surface area contributed by atoms with Gasteiger partial charge < -0.3 is 20.7 Å². The molecule has 186 valence electrons. The molecule has 0 saturated carbocycles. The van der Waals surface area contributed by atoms with E-state index >= 15 is 0 Å². The monoisotopic (exact) mass is 494 g/mol. The zero-order valence-corrected chi connectivity index (χ0v) is 21.9. The van der Waals surface area contributed by atoms with Crippen molar-refractivity contribution in [3.8, 4) is 5.75 Å². The summed E-state index contributed by atoms with van der Waals surface area (Å²) in [5.41, 5.74) is 13.2. The van der Waals surface area contributed by atoms with Gasteiger partial charge in [0.05, 0.1) is 34.6 Å². The lowest BCUT2D eigenvalue weighted by atomic mass is 9.98. The SMILES string of the molecule is COc1c(CN(C)C)cc(C(C)C)cc1NC(=O)c1ccc(C)c(N(N)/C=C(\N)c2cncs2)c1. The molecular formula is C26H34N6O2S. The van der Waals surface area contributed by atoms with Crippen LogP contribution in [0.15, 0.2) is 48.2 Å². The van der Waals surface area contributed by atoms with Crippen LogP contribution in [0.3, 0.4) is 0 Å². The van der Waals surface area contributed by atoms with Crippen LogP contribution < -0.4 is 26.6 Å². The number of ether oxygens (including phenoxy) is 1. The summed E-state index contributed by atoms with van der Waals surface area (Å²) < 4.78 is 5.71. The molecule has 5 N–H and O–H groups in total. The van der Waals surface area contributed by atoms with Crippen LogP contribution in [0.4, 0.5) is 11.4 Å². The molecule has 35 heavy (non-hydrogen) atoms. The summed E-state index contributed by atoms with van der Waals surface area (Å²) in [4.78, 5) is 20.2. The van der Waals surface area contributed by atoms with Crippen molar-refractivity contribution in [2.45, 2.75) is 33.2 Å². The van der Waals surface area contributed by atoms with E-state index in [1.165, 1.54) is 16.3 Å². The Morgan fingerprint density at radius 3 is 2.60 bits per heavy atom. The molecule has 1 aromatic heterocycles. The quantitative estimate of drug-likeness (QED) is 0.296. The third-order valence-electron chi connectivity index (χ3n) is 5.54. The number of amides is 1. The van der Waals surface area contributed by atoms with Crippen molar-refractivity contribution < 1.29 is 9.53 Å². The summed E-state index contributed by atoms with van der Waals surface area (Å²) in [6.07, 6.45) is 3.31. The van der Waals surface area contributed by atoms with Crippen LogP contribution in [0.2, 0.25) is 0 Å². The van der Waals surface area contributed by atoms with E-state index in [1.54, 1.807) is 37.1 Å². The molecule has 2 aromatic carbocycles. The predicted molar refractivity (Wildman–Crippen MR) is 145 cm³/mol. The first-order chi connectivity index (χ1) is 16.6. The van der Waals surface area contributed by atoms with Crippen molar-refractivity contribution in [2.75, 3.05) is 31.5 Å². The molecule has 0 saturated heterocycles. The van der Waals surface area contributed by atoms with Gasteiger partial charge >= 0.3 is 0 Å². The molecule has 0 atom stereocenters.